The summed E-state index contributed by atoms with van der Waals surface area (Å²) < 4.78 is 45.3. The first-order chi connectivity index (χ1) is 9.83. The molecular formula is C12H11BrClFN2O3S. The van der Waals surface area contributed by atoms with E-state index in [1.807, 2.05) is 0 Å². The first kappa shape index (κ1) is 16.3. The second kappa shape index (κ2) is 6.35. The number of hydrogen-bond donors (Lipinski definition) is 2. The molecule has 0 saturated carbocycles. The number of anilines is 1. The maximum atomic E-state index is 13.1. The van der Waals surface area contributed by atoms with Gasteiger partial charge >= 0.3 is 0 Å². The van der Waals surface area contributed by atoms with Gasteiger partial charge in [0.2, 0.25) is 0 Å². The normalized spacial score (nSPS) is 11.6. The molecule has 2 rings (SSSR count). The molecular weight excluding hydrogens is 387 g/mol. The molecule has 2 N–H and O–H groups in total. The topological polar surface area (TPSA) is 71.3 Å². The Morgan fingerprint density at radius 2 is 2.10 bits per heavy atom. The molecule has 9 heteroatoms. The zero-order chi connectivity index (χ0) is 15.6. The Hall–Kier alpha value is -1.09. The molecule has 0 spiro atoms. The number of rotatable bonds is 5. The van der Waals surface area contributed by atoms with E-state index in [0.717, 1.165) is 6.07 Å². The minimum absolute atomic E-state index is 0.0480. The van der Waals surface area contributed by atoms with E-state index in [1.165, 1.54) is 18.2 Å². The highest BCUT2D eigenvalue weighted by atomic mass is 79.9. The minimum atomic E-state index is -3.87. The average Bonchev–Trinajstić information content (AvgIpc) is 2.76. The van der Waals surface area contributed by atoms with Crippen molar-refractivity contribution >= 4 is 43.2 Å². The largest absolute Gasteiger partial charge is 0.451 e. The summed E-state index contributed by atoms with van der Waals surface area (Å²) in [6.07, 6.45) is 0. The van der Waals surface area contributed by atoms with E-state index >= 15 is 0 Å². The van der Waals surface area contributed by atoms with Gasteiger partial charge in [-0.05, 0) is 41.2 Å². The molecule has 0 atom stereocenters. The maximum absolute atomic E-state index is 13.1. The summed E-state index contributed by atoms with van der Waals surface area (Å²) in [5.74, 6) is -0.165. The van der Waals surface area contributed by atoms with Gasteiger partial charge in [-0.25, -0.2) is 12.8 Å². The molecule has 0 fully saturated rings. The first-order valence-electron chi connectivity index (χ1n) is 5.74. The lowest BCUT2D eigenvalue weighted by Gasteiger charge is -2.07. The fourth-order valence-electron chi connectivity index (χ4n) is 1.61. The predicted molar refractivity (Wildman–Crippen MR) is 81.4 cm³/mol. The van der Waals surface area contributed by atoms with Crippen molar-refractivity contribution < 1.29 is 17.2 Å². The Labute approximate surface area is 134 Å². The molecule has 0 aliphatic carbocycles. The van der Waals surface area contributed by atoms with Gasteiger partial charge in [0.05, 0.1) is 17.3 Å². The highest BCUT2D eigenvalue weighted by molar-refractivity contribution is 9.10. The van der Waals surface area contributed by atoms with Gasteiger partial charge in [0.1, 0.15) is 16.5 Å². The molecule has 0 amide bonds. The van der Waals surface area contributed by atoms with E-state index < -0.39 is 15.8 Å². The zero-order valence-corrected chi connectivity index (χ0v) is 13.9. The van der Waals surface area contributed by atoms with Crippen LogP contribution in [0.15, 0.2) is 38.2 Å². The molecule has 21 heavy (non-hydrogen) atoms. The lowest BCUT2D eigenvalue weighted by Crippen LogP contribution is -2.12. The molecule has 0 aliphatic rings. The number of halogens is 3. The van der Waals surface area contributed by atoms with Crippen LogP contribution in [0.5, 0.6) is 0 Å². The quantitative estimate of drug-likeness (QED) is 0.811. The van der Waals surface area contributed by atoms with Crippen LogP contribution in [0.4, 0.5) is 10.1 Å². The molecule has 2 aromatic rings. The minimum Gasteiger partial charge on any atom is -0.451 e. The fourth-order valence-corrected chi connectivity index (χ4v) is 3.84. The van der Waals surface area contributed by atoms with E-state index in [0.29, 0.717) is 12.3 Å². The number of nitrogens with one attached hydrogen (secondary N) is 2. The van der Waals surface area contributed by atoms with Crippen molar-refractivity contribution in [3.63, 3.8) is 0 Å². The molecule has 114 valence electrons. The summed E-state index contributed by atoms with van der Waals surface area (Å²) in [7, 11) is -2.16. The monoisotopic (exact) mass is 396 g/mol. The first-order valence-corrected chi connectivity index (χ1v) is 8.39. The Bertz CT molecular complexity index is 764. The van der Waals surface area contributed by atoms with E-state index in [4.69, 9.17) is 16.0 Å². The fraction of sp³-hybridized carbons (Fsp3) is 0.167. The van der Waals surface area contributed by atoms with Crippen molar-refractivity contribution in [3.05, 3.63) is 45.5 Å². The third kappa shape index (κ3) is 3.76. The molecule has 1 heterocycles. The summed E-state index contributed by atoms with van der Waals surface area (Å²) in [5, 5.41) is 2.68. The number of furan rings is 1. The second-order valence-electron chi connectivity index (χ2n) is 4.12. The van der Waals surface area contributed by atoms with Crippen molar-refractivity contribution in [2.75, 3.05) is 11.8 Å². The second-order valence-corrected chi connectivity index (χ2v) is 6.89. The summed E-state index contributed by atoms with van der Waals surface area (Å²) in [5.41, 5.74) is 0.157. The highest BCUT2D eigenvalue weighted by Crippen LogP contribution is 2.28. The zero-order valence-electron chi connectivity index (χ0n) is 10.8. The van der Waals surface area contributed by atoms with E-state index in [9.17, 15) is 12.8 Å². The van der Waals surface area contributed by atoms with Gasteiger partial charge in [-0.3, -0.25) is 4.72 Å². The third-order valence-corrected chi connectivity index (χ3v) is 5.05. The molecule has 0 unspecified atom stereocenters. The number of hydrogen-bond acceptors (Lipinski definition) is 4. The molecule has 0 radical (unpaired) electrons. The maximum Gasteiger partial charge on any atom is 0.266 e. The smallest absolute Gasteiger partial charge is 0.266 e. The van der Waals surface area contributed by atoms with Crippen molar-refractivity contribution in [3.8, 4) is 0 Å². The Kier molecular flexibility index (Phi) is 4.92. The molecule has 0 saturated heterocycles. The van der Waals surface area contributed by atoms with Crippen molar-refractivity contribution in [2.24, 2.45) is 0 Å². The molecule has 0 aliphatic heterocycles. The Morgan fingerprint density at radius 3 is 2.71 bits per heavy atom. The van der Waals surface area contributed by atoms with Gasteiger partial charge in [-0.1, -0.05) is 11.6 Å². The molecule has 0 bridgehead atoms. The molecule has 1 aromatic heterocycles. The van der Waals surface area contributed by atoms with Crippen LogP contribution < -0.4 is 10.0 Å². The molecule has 1 aromatic carbocycles. The van der Waals surface area contributed by atoms with Crippen LogP contribution in [0, 0.1) is 5.82 Å². The molecule has 5 nitrogen and oxygen atoms in total. The van der Waals surface area contributed by atoms with Crippen molar-refractivity contribution in [1.82, 2.24) is 5.32 Å². The van der Waals surface area contributed by atoms with Gasteiger partial charge in [-0.15, -0.1) is 0 Å². The van der Waals surface area contributed by atoms with Crippen molar-refractivity contribution in [1.29, 1.82) is 0 Å². The third-order valence-electron chi connectivity index (χ3n) is 2.52. The van der Waals surface area contributed by atoms with Crippen LogP contribution in [-0.2, 0) is 16.6 Å². The van der Waals surface area contributed by atoms with E-state index in [1.54, 1.807) is 7.05 Å². The van der Waals surface area contributed by atoms with Crippen LogP contribution in [0.25, 0.3) is 0 Å². The summed E-state index contributed by atoms with van der Waals surface area (Å²) in [4.78, 5) is -0.0480. The van der Waals surface area contributed by atoms with Gasteiger partial charge in [0.15, 0.2) is 4.67 Å². The van der Waals surface area contributed by atoms with Gasteiger partial charge < -0.3 is 9.73 Å². The standard InChI is InChI=1S/C12H11BrClFN2O3S/c1-16-6-8-5-11(12(13)20-8)21(18,19)17-7-2-3-10(15)9(14)4-7/h2-5,16-17H,6H2,1H3. The van der Waals surface area contributed by atoms with Crippen LogP contribution in [-0.4, -0.2) is 15.5 Å². The summed E-state index contributed by atoms with van der Waals surface area (Å²) >= 11 is 8.68. The summed E-state index contributed by atoms with van der Waals surface area (Å²) in [6, 6.07) is 4.95. The summed E-state index contributed by atoms with van der Waals surface area (Å²) in [6.45, 7) is 0.385. The number of benzene rings is 1. The van der Waals surface area contributed by atoms with Gasteiger partial charge in [0, 0.05) is 6.07 Å². The lowest BCUT2D eigenvalue weighted by atomic mass is 10.3. The van der Waals surface area contributed by atoms with E-state index in [2.05, 4.69) is 26.0 Å². The SMILES string of the molecule is CNCc1cc(S(=O)(=O)Nc2ccc(F)c(Cl)c2)c(Br)o1. The number of sulfonamides is 1. The Balaban J connectivity index is 2.31. The van der Waals surface area contributed by atoms with E-state index in [-0.39, 0.29) is 20.3 Å². The van der Waals surface area contributed by atoms with Gasteiger partial charge in [-0.2, -0.15) is 0 Å². The lowest BCUT2D eigenvalue weighted by molar-refractivity contribution is 0.470. The predicted octanol–water partition coefficient (Wildman–Crippen LogP) is 3.35. The Morgan fingerprint density at radius 1 is 1.38 bits per heavy atom. The average molecular weight is 398 g/mol. The van der Waals surface area contributed by atoms with Crippen LogP contribution in [0.1, 0.15) is 5.76 Å². The van der Waals surface area contributed by atoms with Crippen LogP contribution in [0.2, 0.25) is 5.02 Å². The van der Waals surface area contributed by atoms with Gasteiger partial charge in [0.25, 0.3) is 10.0 Å². The van der Waals surface area contributed by atoms with Crippen LogP contribution >= 0.6 is 27.5 Å². The van der Waals surface area contributed by atoms with Crippen LogP contribution in [0.3, 0.4) is 0 Å². The highest BCUT2D eigenvalue weighted by Gasteiger charge is 2.22. The van der Waals surface area contributed by atoms with Crippen molar-refractivity contribution in [2.45, 2.75) is 11.4 Å².